The Bertz CT molecular complexity index is 825. The molecule has 1 aliphatic rings. The molecule has 0 spiro atoms. The van der Waals surface area contributed by atoms with Gasteiger partial charge in [-0.1, -0.05) is 43.2 Å². The Hall–Kier alpha value is -2.41. The van der Waals surface area contributed by atoms with Crippen LogP contribution in [0.5, 0.6) is 0 Å². The van der Waals surface area contributed by atoms with Crippen molar-refractivity contribution in [1.82, 2.24) is 20.5 Å². The highest BCUT2D eigenvalue weighted by Gasteiger charge is 2.42. The Balaban J connectivity index is 1.66. The molecule has 7 heteroatoms. The molecule has 3 rings (SSSR count). The Kier molecular flexibility index (Phi) is 7.25. The first-order valence-electron chi connectivity index (χ1n) is 10.3. The molecular weight excluding hydrogens is 382 g/mol. The number of hydrogen-bond donors (Lipinski definition) is 2. The van der Waals surface area contributed by atoms with Gasteiger partial charge in [0, 0.05) is 38.1 Å². The van der Waals surface area contributed by atoms with Gasteiger partial charge in [0.2, 0.25) is 5.91 Å². The van der Waals surface area contributed by atoms with Gasteiger partial charge in [0.05, 0.1) is 17.7 Å². The lowest BCUT2D eigenvalue weighted by Crippen LogP contribution is -2.49. The number of nitrogens with zero attached hydrogens (tertiary/aromatic N) is 3. The molecule has 156 valence electrons. The van der Waals surface area contributed by atoms with Crippen LogP contribution in [0.2, 0.25) is 0 Å². The van der Waals surface area contributed by atoms with Crippen LogP contribution in [-0.4, -0.2) is 48.9 Å². The first kappa shape index (κ1) is 21.3. The van der Waals surface area contributed by atoms with Crippen LogP contribution in [0.1, 0.15) is 37.6 Å². The molecule has 1 aromatic heterocycles. The van der Waals surface area contributed by atoms with Crippen LogP contribution in [0.4, 0.5) is 0 Å². The second kappa shape index (κ2) is 9.87. The zero-order chi connectivity index (χ0) is 20.7. The predicted molar refractivity (Wildman–Crippen MR) is 120 cm³/mol. The first-order valence-corrected chi connectivity index (χ1v) is 11.2. The summed E-state index contributed by atoms with van der Waals surface area (Å²) >= 11 is 1.62. The van der Waals surface area contributed by atoms with Gasteiger partial charge < -0.3 is 15.5 Å². The number of benzene rings is 1. The fraction of sp³-hybridized carbons (Fsp3) is 0.500. The van der Waals surface area contributed by atoms with E-state index < -0.39 is 0 Å². The number of amides is 1. The van der Waals surface area contributed by atoms with Crippen LogP contribution < -0.4 is 10.6 Å². The number of aromatic nitrogens is 1. The largest absolute Gasteiger partial charge is 0.357 e. The van der Waals surface area contributed by atoms with E-state index in [0.717, 1.165) is 54.5 Å². The van der Waals surface area contributed by atoms with E-state index in [0.29, 0.717) is 13.1 Å². The monoisotopic (exact) mass is 413 g/mol. The van der Waals surface area contributed by atoms with Crippen LogP contribution in [-0.2, 0) is 11.3 Å². The molecule has 0 unspecified atom stereocenters. The topological polar surface area (TPSA) is 69.6 Å². The van der Waals surface area contributed by atoms with Crippen molar-refractivity contribution in [1.29, 1.82) is 0 Å². The molecular formula is C22H31N5OS. The van der Waals surface area contributed by atoms with Crippen molar-refractivity contribution in [3.05, 3.63) is 40.7 Å². The highest BCUT2D eigenvalue weighted by Crippen LogP contribution is 2.38. The third kappa shape index (κ3) is 5.35. The van der Waals surface area contributed by atoms with Gasteiger partial charge in [0.25, 0.3) is 0 Å². The van der Waals surface area contributed by atoms with E-state index in [9.17, 15) is 4.79 Å². The highest BCUT2D eigenvalue weighted by molar-refractivity contribution is 7.09. The number of carbonyl (C=O) groups is 1. The molecule has 0 atom stereocenters. The number of nitrogens with one attached hydrogen (secondary N) is 2. The van der Waals surface area contributed by atoms with Crippen LogP contribution in [0.25, 0.3) is 11.3 Å². The van der Waals surface area contributed by atoms with Crippen LogP contribution in [0, 0.1) is 5.41 Å². The minimum Gasteiger partial charge on any atom is -0.357 e. The summed E-state index contributed by atoms with van der Waals surface area (Å²) in [5, 5.41) is 9.75. The van der Waals surface area contributed by atoms with E-state index >= 15 is 0 Å². The van der Waals surface area contributed by atoms with E-state index in [4.69, 9.17) is 9.98 Å². The maximum Gasteiger partial charge on any atom is 0.230 e. The third-order valence-corrected chi connectivity index (χ3v) is 6.19. The third-order valence-electron chi connectivity index (χ3n) is 5.35. The van der Waals surface area contributed by atoms with Gasteiger partial charge in [0.1, 0.15) is 5.01 Å². The normalized spacial score (nSPS) is 15.9. The summed E-state index contributed by atoms with van der Waals surface area (Å²) in [4.78, 5) is 23.9. The summed E-state index contributed by atoms with van der Waals surface area (Å²) < 4.78 is 0. The van der Waals surface area contributed by atoms with Gasteiger partial charge in [-0.2, -0.15) is 0 Å². The van der Waals surface area contributed by atoms with E-state index in [1.807, 2.05) is 39.2 Å². The fourth-order valence-electron chi connectivity index (χ4n) is 3.86. The number of carbonyl (C=O) groups excluding carboxylic acids is 1. The number of guanidine groups is 1. The summed E-state index contributed by atoms with van der Waals surface area (Å²) in [5.74, 6) is 0.951. The molecule has 1 aromatic carbocycles. The molecule has 0 radical (unpaired) electrons. The molecule has 2 N–H and O–H groups in total. The maximum atomic E-state index is 12.8. The number of aliphatic imine (C=N–C) groups is 1. The molecule has 1 saturated carbocycles. The van der Waals surface area contributed by atoms with Crippen LogP contribution in [0.15, 0.2) is 40.7 Å². The summed E-state index contributed by atoms with van der Waals surface area (Å²) in [6.45, 7) is 3.95. The molecule has 6 nitrogen and oxygen atoms in total. The van der Waals surface area contributed by atoms with E-state index in [1.54, 1.807) is 16.2 Å². The minimum atomic E-state index is -0.318. The lowest BCUT2D eigenvalue weighted by molar-refractivity contribution is -0.138. The molecule has 29 heavy (non-hydrogen) atoms. The second-order valence-corrected chi connectivity index (χ2v) is 8.67. The van der Waals surface area contributed by atoms with Gasteiger partial charge in [-0.25, -0.2) is 9.98 Å². The standard InChI is InChI=1S/C22H31N5OS/c1-4-23-21(25-16-22(12-8-9-13-22)20(28)27(2)3)24-14-19-26-18(15-29-19)17-10-6-5-7-11-17/h5-7,10-11,15H,4,8-9,12-14,16H2,1-3H3,(H2,23,24,25). The minimum absolute atomic E-state index is 0.214. The molecule has 1 fully saturated rings. The predicted octanol–water partition coefficient (Wildman–Crippen LogP) is 3.51. The van der Waals surface area contributed by atoms with Crippen molar-refractivity contribution in [3.8, 4) is 11.3 Å². The Morgan fingerprint density at radius 1 is 1.21 bits per heavy atom. The van der Waals surface area contributed by atoms with Gasteiger partial charge in [-0.05, 0) is 19.8 Å². The van der Waals surface area contributed by atoms with Gasteiger partial charge in [0.15, 0.2) is 5.96 Å². The smallest absolute Gasteiger partial charge is 0.230 e. The van der Waals surface area contributed by atoms with E-state index in [1.165, 1.54) is 0 Å². The van der Waals surface area contributed by atoms with Crippen LogP contribution in [0.3, 0.4) is 0 Å². The zero-order valence-corrected chi connectivity index (χ0v) is 18.4. The molecule has 0 bridgehead atoms. The van der Waals surface area contributed by atoms with Crippen LogP contribution >= 0.6 is 11.3 Å². The van der Waals surface area contributed by atoms with Crippen molar-refractivity contribution < 1.29 is 4.79 Å². The maximum absolute atomic E-state index is 12.8. The summed E-state index contributed by atoms with van der Waals surface area (Å²) in [6, 6.07) is 10.2. The van der Waals surface area contributed by atoms with Gasteiger partial charge >= 0.3 is 0 Å². The molecule has 1 heterocycles. The van der Waals surface area contributed by atoms with Crippen molar-refractivity contribution >= 4 is 23.2 Å². The second-order valence-electron chi connectivity index (χ2n) is 7.73. The molecule has 1 aliphatic carbocycles. The Labute approximate surface area is 177 Å². The molecule has 0 aliphatic heterocycles. The molecule has 2 aromatic rings. The van der Waals surface area contributed by atoms with E-state index in [-0.39, 0.29) is 11.3 Å². The van der Waals surface area contributed by atoms with Gasteiger partial charge in [-0.3, -0.25) is 4.79 Å². The Morgan fingerprint density at radius 3 is 2.59 bits per heavy atom. The number of hydrogen-bond acceptors (Lipinski definition) is 4. The average Bonchev–Trinajstić information content (AvgIpc) is 3.40. The summed E-state index contributed by atoms with van der Waals surface area (Å²) in [6.07, 6.45) is 4.08. The van der Waals surface area contributed by atoms with Crippen molar-refractivity contribution in [2.24, 2.45) is 10.4 Å². The van der Waals surface area contributed by atoms with E-state index in [2.05, 4.69) is 28.1 Å². The molecule has 1 amide bonds. The SMILES string of the molecule is CCNC(=NCc1nc(-c2ccccc2)cs1)NCC1(C(=O)N(C)C)CCCC1. The van der Waals surface area contributed by atoms with Crippen molar-refractivity contribution in [2.75, 3.05) is 27.2 Å². The summed E-state index contributed by atoms with van der Waals surface area (Å²) in [5.41, 5.74) is 1.79. The average molecular weight is 414 g/mol. The number of thiazole rings is 1. The zero-order valence-electron chi connectivity index (χ0n) is 17.6. The first-order chi connectivity index (χ1) is 14.0. The molecule has 0 saturated heterocycles. The quantitative estimate of drug-likeness (QED) is 0.538. The fourth-order valence-corrected chi connectivity index (χ4v) is 4.59. The highest BCUT2D eigenvalue weighted by atomic mass is 32.1. The Morgan fingerprint density at radius 2 is 1.93 bits per heavy atom. The number of rotatable bonds is 7. The lowest BCUT2D eigenvalue weighted by atomic mass is 9.84. The summed E-state index contributed by atoms with van der Waals surface area (Å²) in [7, 11) is 3.68. The lowest BCUT2D eigenvalue weighted by Gasteiger charge is -2.31. The van der Waals surface area contributed by atoms with Crippen molar-refractivity contribution in [2.45, 2.75) is 39.2 Å². The van der Waals surface area contributed by atoms with Gasteiger partial charge in [-0.15, -0.1) is 11.3 Å². The van der Waals surface area contributed by atoms with Crippen molar-refractivity contribution in [3.63, 3.8) is 0 Å².